The fraction of sp³-hybridized carbons (Fsp3) is 0.467. The second-order valence-corrected chi connectivity index (χ2v) is 10.8. The zero-order chi connectivity index (χ0) is 27.7. The summed E-state index contributed by atoms with van der Waals surface area (Å²) in [5, 5.41) is 21.8. The highest BCUT2D eigenvalue weighted by Crippen LogP contribution is 2.46. The Morgan fingerprint density at radius 3 is 2.67 bits per heavy atom. The van der Waals surface area contributed by atoms with Crippen LogP contribution in [-0.4, -0.2) is 52.3 Å². The zero-order valence-corrected chi connectivity index (χ0v) is 21.8. The number of pyridine rings is 1. The first-order valence-corrected chi connectivity index (χ1v) is 13.4. The van der Waals surface area contributed by atoms with Crippen LogP contribution >= 0.6 is 0 Å². The van der Waals surface area contributed by atoms with Crippen molar-refractivity contribution in [2.75, 3.05) is 20.2 Å². The van der Waals surface area contributed by atoms with Crippen molar-refractivity contribution in [3.63, 3.8) is 0 Å². The van der Waals surface area contributed by atoms with Crippen LogP contribution in [0.15, 0.2) is 54.7 Å². The van der Waals surface area contributed by atoms with Gasteiger partial charge in [-0.05, 0) is 91.9 Å². The average Bonchev–Trinajstić information content (AvgIpc) is 2.90. The number of nitrogens with zero attached hydrogens (tertiary/aromatic N) is 2. The molecule has 1 saturated carbocycles. The largest absolute Gasteiger partial charge is 0.497 e. The molecule has 1 aliphatic carbocycles. The fourth-order valence-electron chi connectivity index (χ4n) is 6.33. The van der Waals surface area contributed by atoms with Crippen molar-refractivity contribution in [1.29, 1.82) is 0 Å². The molecule has 0 amide bonds. The van der Waals surface area contributed by atoms with Gasteiger partial charge in [0.15, 0.2) is 0 Å². The first-order chi connectivity index (χ1) is 18.7. The predicted octanol–water partition coefficient (Wildman–Crippen LogP) is 6.04. The quantitative estimate of drug-likeness (QED) is 0.361. The number of benzene rings is 2. The maximum absolute atomic E-state index is 13.5. The van der Waals surface area contributed by atoms with Gasteiger partial charge in [-0.2, -0.15) is 13.2 Å². The maximum Gasteiger partial charge on any atom is 0.416 e. The van der Waals surface area contributed by atoms with E-state index in [2.05, 4.69) is 9.88 Å². The number of ether oxygens (including phenoxy) is 1. The lowest BCUT2D eigenvalue weighted by atomic mass is 9.72. The van der Waals surface area contributed by atoms with Gasteiger partial charge < -0.3 is 14.9 Å². The van der Waals surface area contributed by atoms with Crippen LogP contribution in [0.25, 0.3) is 10.9 Å². The third kappa shape index (κ3) is 5.75. The Kier molecular flexibility index (Phi) is 7.82. The number of hydrogen-bond acceptors (Lipinski definition) is 5. The van der Waals surface area contributed by atoms with Gasteiger partial charge in [-0.3, -0.25) is 14.7 Å². The van der Waals surface area contributed by atoms with Gasteiger partial charge in [-0.15, -0.1) is 0 Å². The number of piperidine rings is 1. The van der Waals surface area contributed by atoms with Crippen LogP contribution in [0.1, 0.15) is 60.8 Å². The summed E-state index contributed by atoms with van der Waals surface area (Å²) in [6.07, 6.45) is -0.636. The van der Waals surface area contributed by atoms with Crippen molar-refractivity contribution >= 4 is 16.9 Å². The van der Waals surface area contributed by atoms with E-state index >= 15 is 0 Å². The first-order valence-electron chi connectivity index (χ1n) is 13.4. The van der Waals surface area contributed by atoms with E-state index in [1.807, 2.05) is 18.2 Å². The van der Waals surface area contributed by atoms with Gasteiger partial charge in [0.25, 0.3) is 0 Å². The van der Waals surface area contributed by atoms with Crippen LogP contribution < -0.4 is 4.74 Å². The Morgan fingerprint density at radius 2 is 1.95 bits per heavy atom. The van der Waals surface area contributed by atoms with E-state index in [-0.39, 0.29) is 17.9 Å². The number of halogens is 3. The van der Waals surface area contributed by atoms with Crippen molar-refractivity contribution < 1.29 is 32.9 Å². The molecule has 1 saturated heterocycles. The van der Waals surface area contributed by atoms with Crippen molar-refractivity contribution in [2.45, 2.75) is 56.3 Å². The summed E-state index contributed by atoms with van der Waals surface area (Å²) in [5.41, 5.74) is 1.25. The number of aliphatic hydroxyl groups excluding tert-OH is 1. The molecule has 3 aromatic rings. The van der Waals surface area contributed by atoms with E-state index in [1.165, 1.54) is 6.07 Å². The number of aliphatic carboxylic acids is 1. The van der Waals surface area contributed by atoms with E-state index in [1.54, 1.807) is 31.5 Å². The Balaban J connectivity index is 1.20. The van der Waals surface area contributed by atoms with Gasteiger partial charge >= 0.3 is 12.1 Å². The summed E-state index contributed by atoms with van der Waals surface area (Å²) in [6, 6.07) is 13.1. The third-order valence-corrected chi connectivity index (χ3v) is 8.59. The second-order valence-electron chi connectivity index (χ2n) is 10.8. The van der Waals surface area contributed by atoms with E-state index in [4.69, 9.17) is 4.74 Å². The molecular formula is C30H33F3N2O4. The van der Waals surface area contributed by atoms with Crippen LogP contribution in [0.4, 0.5) is 13.2 Å². The van der Waals surface area contributed by atoms with Crippen molar-refractivity contribution in [2.24, 2.45) is 11.8 Å². The zero-order valence-electron chi connectivity index (χ0n) is 21.8. The molecule has 9 heteroatoms. The lowest BCUT2D eigenvalue weighted by Gasteiger charge is -2.48. The molecule has 39 heavy (non-hydrogen) atoms. The minimum atomic E-state index is -4.38. The van der Waals surface area contributed by atoms with Gasteiger partial charge in [0.05, 0.1) is 30.2 Å². The van der Waals surface area contributed by atoms with Crippen LogP contribution in [0.5, 0.6) is 5.75 Å². The summed E-state index contributed by atoms with van der Waals surface area (Å²) in [7, 11) is 1.58. The normalized spacial score (nSPS) is 24.7. The number of carbonyl (C=O) groups is 1. The summed E-state index contributed by atoms with van der Waals surface area (Å²) >= 11 is 0. The molecule has 0 radical (unpaired) electrons. The van der Waals surface area contributed by atoms with Crippen molar-refractivity contribution in [3.05, 3.63) is 71.4 Å². The number of carboxylic acid groups (broad SMARTS) is 1. The lowest BCUT2D eigenvalue weighted by Crippen LogP contribution is -2.52. The molecule has 2 fully saturated rings. The van der Waals surface area contributed by atoms with E-state index < -0.39 is 29.7 Å². The Hall–Kier alpha value is -3.17. The van der Waals surface area contributed by atoms with Crippen molar-refractivity contribution in [1.82, 2.24) is 9.88 Å². The second kappa shape index (κ2) is 11.1. The molecule has 1 aromatic heterocycles. The van der Waals surface area contributed by atoms with Crippen LogP contribution in [-0.2, 0) is 11.0 Å². The van der Waals surface area contributed by atoms with Gasteiger partial charge in [0.1, 0.15) is 5.75 Å². The minimum absolute atomic E-state index is 0.0853. The van der Waals surface area contributed by atoms with E-state index in [0.29, 0.717) is 56.5 Å². The molecule has 5 rings (SSSR count). The van der Waals surface area contributed by atoms with Gasteiger partial charge in [-0.1, -0.05) is 18.2 Å². The van der Waals surface area contributed by atoms with E-state index in [0.717, 1.165) is 22.5 Å². The number of aliphatic hydroxyl groups is 1. The van der Waals surface area contributed by atoms with Crippen molar-refractivity contribution in [3.8, 4) is 5.75 Å². The lowest BCUT2D eigenvalue weighted by molar-refractivity contribution is -0.147. The molecule has 6 nitrogen and oxygen atoms in total. The summed E-state index contributed by atoms with van der Waals surface area (Å²) < 4.78 is 45.7. The Morgan fingerprint density at radius 1 is 1.18 bits per heavy atom. The standard InChI is InChI=1S/C30H33F3N2O4/c1-39-21-7-8-27-24(16-21)23(10-12-34-27)28(36)9-6-18-11-13-35(17-25(18)29(37)38)20-14-19(15-20)22-4-2-3-5-26(22)30(31,32)33/h2-5,7-8,10,12,16,18-20,25,28,36H,6,9,11,13-15,17H2,1H3,(H,37,38)/t18-,19?,20?,25+,28+/m1/s1. The van der Waals surface area contributed by atoms with Gasteiger partial charge in [0, 0.05) is 24.2 Å². The fourth-order valence-corrected chi connectivity index (χ4v) is 6.33. The minimum Gasteiger partial charge on any atom is -0.497 e. The molecule has 2 aromatic carbocycles. The number of carboxylic acids is 1. The van der Waals surface area contributed by atoms with Gasteiger partial charge in [0.2, 0.25) is 0 Å². The number of fused-ring (bicyclic) bond motifs is 1. The Bertz CT molecular complexity index is 1330. The third-order valence-electron chi connectivity index (χ3n) is 8.59. The first kappa shape index (κ1) is 27.4. The molecule has 0 bridgehead atoms. The summed E-state index contributed by atoms with van der Waals surface area (Å²) in [5.74, 6) is -1.03. The van der Waals surface area contributed by atoms with Crippen LogP contribution in [0, 0.1) is 11.8 Å². The monoisotopic (exact) mass is 542 g/mol. The van der Waals surface area contributed by atoms with Gasteiger partial charge in [-0.25, -0.2) is 0 Å². The van der Waals surface area contributed by atoms with Crippen LogP contribution in [0.2, 0.25) is 0 Å². The van der Waals surface area contributed by atoms with E-state index in [9.17, 15) is 28.2 Å². The SMILES string of the molecule is COc1ccc2nccc([C@@H](O)CC[C@@H]3CCN(C4CC(c5ccccc5C(F)(F)F)C4)C[C@@H]3C(=O)O)c2c1. The maximum atomic E-state index is 13.5. The number of aromatic nitrogens is 1. The molecule has 0 spiro atoms. The molecule has 2 heterocycles. The summed E-state index contributed by atoms with van der Waals surface area (Å²) in [6.45, 7) is 1.09. The summed E-state index contributed by atoms with van der Waals surface area (Å²) in [4.78, 5) is 18.7. The number of rotatable bonds is 8. The average molecular weight is 543 g/mol. The smallest absolute Gasteiger partial charge is 0.416 e. The highest BCUT2D eigenvalue weighted by molar-refractivity contribution is 5.83. The predicted molar refractivity (Wildman–Crippen MR) is 141 cm³/mol. The molecule has 1 aliphatic heterocycles. The highest BCUT2D eigenvalue weighted by atomic mass is 19.4. The highest BCUT2D eigenvalue weighted by Gasteiger charge is 2.43. The molecule has 208 valence electrons. The topological polar surface area (TPSA) is 82.9 Å². The number of methoxy groups -OCH3 is 1. The number of likely N-dealkylation sites (tertiary alicyclic amines) is 1. The molecule has 2 N–H and O–H groups in total. The van der Waals surface area contributed by atoms with Crippen LogP contribution in [0.3, 0.4) is 0 Å². The Labute approximate surface area is 225 Å². The molecule has 0 unspecified atom stereocenters. The number of alkyl halides is 3. The molecule has 3 atom stereocenters. The molecular weight excluding hydrogens is 509 g/mol. The molecule has 2 aliphatic rings. The number of hydrogen-bond donors (Lipinski definition) is 2.